The molecule has 0 heterocycles. The number of urea groups is 1. The summed E-state index contributed by atoms with van der Waals surface area (Å²) in [6.07, 6.45) is 1.37. The minimum absolute atomic E-state index is 0.272. The lowest BCUT2D eigenvalue weighted by Gasteiger charge is -2.12. The summed E-state index contributed by atoms with van der Waals surface area (Å²) in [5.74, 6) is 0.114. The van der Waals surface area contributed by atoms with Crippen molar-refractivity contribution in [2.24, 2.45) is 16.6 Å². The van der Waals surface area contributed by atoms with E-state index >= 15 is 0 Å². The lowest BCUT2D eigenvalue weighted by Crippen LogP contribution is -2.24. The molecule has 0 aliphatic rings. The predicted molar refractivity (Wildman–Crippen MR) is 75.7 cm³/mol. The third kappa shape index (κ3) is 4.76. The van der Waals surface area contributed by atoms with E-state index in [0.29, 0.717) is 21.5 Å². The van der Waals surface area contributed by atoms with E-state index in [4.69, 9.17) is 20.9 Å². The molecule has 0 aliphatic heterocycles. The quantitative estimate of drug-likeness (QED) is 0.506. The Hall–Kier alpha value is -2.29. The molecule has 0 aromatic heterocycles. The molecule has 0 fully saturated rings. The first-order chi connectivity index (χ1) is 9.43. The second-order valence-corrected chi connectivity index (χ2v) is 4.38. The van der Waals surface area contributed by atoms with Crippen LogP contribution < -0.4 is 26.4 Å². The van der Waals surface area contributed by atoms with Gasteiger partial charge >= 0.3 is 6.03 Å². The molecule has 0 bridgehead atoms. The average molecular weight is 345 g/mol. The van der Waals surface area contributed by atoms with Gasteiger partial charge in [0, 0.05) is 0 Å². The third-order valence-electron chi connectivity index (χ3n) is 2.00. The fraction of sp³-hybridized carbons (Fsp3) is 0.182. The molecule has 0 spiro atoms. The zero-order chi connectivity index (χ0) is 15.1. The number of hydrogen-bond donors (Lipinski definition) is 3. The maximum absolute atomic E-state index is 10.7. The van der Waals surface area contributed by atoms with Crippen molar-refractivity contribution in [3.63, 3.8) is 0 Å². The number of ether oxygens (including phenoxy) is 2. The highest BCUT2D eigenvalue weighted by Gasteiger charge is 2.12. The van der Waals surface area contributed by atoms with E-state index in [-0.39, 0.29) is 6.61 Å². The van der Waals surface area contributed by atoms with Gasteiger partial charge in [-0.1, -0.05) is 0 Å². The van der Waals surface area contributed by atoms with Gasteiger partial charge in [0.2, 0.25) is 0 Å². The standard InChI is InChI=1S/C11H13BrN4O4/c1-19-8-3-6(4-15-16-11(14)18)2-7(12)10(8)20-5-9(13)17/h2-4H,5H2,1H3,(H2,13,17)(H3,14,16,18)/b15-4+. The fourth-order valence-corrected chi connectivity index (χ4v) is 1.84. The Morgan fingerprint density at radius 3 is 2.70 bits per heavy atom. The van der Waals surface area contributed by atoms with Gasteiger partial charge in [0.1, 0.15) is 0 Å². The van der Waals surface area contributed by atoms with Crippen molar-refractivity contribution in [3.8, 4) is 11.5 Å². The largest absolute Gasteiger partial charge is 0.493 e. The Morgan fingerprint density at radius 2 is 2.15 bits per heavy atom. The number of carbonyl (C=O) groups excluding carboxylic acids is 2. The molecule has 5 N–H and O–H groups in total. The first kappa shape index (κ1) is 15.8. The van der Waals surface area contributed by atoms with Crippen molar-refractivity contribution < 1.29 is 19.1 Å². The summed E-state index contributed by atoms with van der Waals surface area (Å²) in [6.45, 7) is -0.272. The minimum atomic E-state index is -0.770. The van der Waals surface area contributed by atoms with Gasteiger partial charge in [-0.2, -0.15) is 5.10 Å². The Kier molecular flexibility index (Phi) is 5.78. The van der Waals surface area contributed by atoms with E-state index in [1.54, 1.807) is 12.1 Å². The van der Waals surface area contributed by atoms with E-state index in [0.717, 1.165) is 0 Å². The van der Waals surface area contributed by atoms with Crippen LogP contribution >= 0.6 is 15.9 Å². The molecule has 0 radical (unpaired) electrons. The normalized spacial score (nSPS) is 10.3. The molecule has 1 aromatic rings. The van der Waals surface area contributed by atoms with E-state index in [1.165, 1.54) is 13.3 Å². The van der Waals surface area contributed by atoms with Crippen molar-refractivity contribution in [1.29, 1.82) is 0 Å². The summed E-state index contributed by atoms with van der Waals surface area (Å²) >= 11 is 3.28. The smallest absolute Gasteiger partial charge is 0.332 e. The van der Waals surface area contributed by atoms with E-state index in [9.17, 15) is 9.59 Å². The number of rotatable bonds is 6. The van der Waals surface area contributed by atoms with Crippen LogP contribution in [0.15, 0.2) is 21.7 Å². The number of carbonyl (C=O) groups is 2. The number of primary amides is 2. The van der Waals surface area contributed by atoms with Gasteiger partial charge in [-0.05, 0) is 33.6 Å². The fourth-order valence-electron chi connectivity index (χ4n) is 1.27. The molecule has 0 saturated carbocycles. The molecule has 108 valence electrons. The highest BCUT2D eigenvalue weighted by atomic mass is 79.9. The van der Waals surface area contributed by atoms with Crippen LogP contribution in [0.4, 0.5) is 4.79 Å². The molecule has 8 nitrogen and oxygen atoms in total. The van der Waals surface area contributed by atoms with Gasteiger partial charge in [0.15, 0.2) is 18.1 Å². The van der Waals surface area contributed by atoms with Crippen molar-refractivity contribution >= 4 is 34.1 Å². The molecule has 20 heavy (non-hydrogen) atoms. The highest BCUT2D eigenvalue weighted by molar-refractivity contribution is 9.10. The van der Waals surface area contributed by atoms with Crippen LogP contribution in [0.3, 0.4) is 0 Å². The van der Waals surface area contributed by atoms with Gasteiger partial charge in [-0.15, -0.1) is 0 Å². The Morgan fingerprint density at radius 1 is 1.45 bits per heavy atom. The number of methoxy groups -OCH3 is 1. The van der Waals surface area contributed by atoms with Crippen molar-refractivity contribution in [1.82, 2.24) is 5.43 Å². The second kappa shape index (κ2) is 7.34. The molecule has 1 rings (SSSR count). The number of hydrogen-bond acceptors (Lipinski definition) is 5. The number of nitrogens with two attached hydrogens (primary N) is 2. The second-order valence-electron chi connectivity index (χ2n) is 3.52. The van der Waals surface area contributed by atoms with Crippen molar-refractivity contribution in [2.45, 2.75) is 0 Å². The summed E-state index contributed by atoms with van der Waals surface area (Å²) in [4.78, 5) is 21.2. The number of nitrogens with one attached hydrogen (secondary N) is 1. The maximum atomic E-state index is 10.7. The monoisotopic (exact) mass is 344 g/mol. The Bertz CT molecular complexity index is 547. The van der Waals surface area contributed by atoms with E-state index < -0.39 is 11.9 Å². The molecular weight excluding hydrogens is 332 g/mol. The highest BCUT2D eigenvalue weighted by Crippen LogP contribution is 2.36. The summed E-state index contributed by atoms with van der Waals surface area (Å²) in [5, 5.41) is 3.62. The van der Waals surface area contributed by atoms with E-state index in [2.05, 4.69) is 26.5 Å². The molecule has 0 saturated heterocycles. The number of hydrazone groups is 1. The van der Waals surface area contributed by atoms with Crippen LogP contribution in [-0.4, -0.2) is 31.9 Å². The van der Waals surface area contributed by atoms with Crippen LogP contribution in [0.5, 0.6) is 11.5 Å². The van der Waals surface area contributed by atoms with Crippen molar-refractivity contribution in [2.75, 3.05) is 13.7 Å². The van der Waals surface area contributed by atoms with Gasteiger partial charge < -0.3 is 20.9 Å². The summed E-state index contributed by atoms with van der Waals surface area (Å²) in [6, 6.07) is 2.49. The first-order valence-corrected chi connectivity index (χ1v) is 6.10. The Labute approximate surface area is 123 Å². The molecule has 1 aromatic carbocycles. The van der Waals surface area contributed by atoms with Crippen molar-refractivity contribution in [3.05, 3.63) is 22.2 Å². The predicted octanol–water partition coefficient (Wildman–Crippen LogP) is 0.324. The van der Waals surface area contributed by atoms with Gasteiger partial charge in [-0.3, -0.25) is 4.79 Å². The topological polar surface area (TPSA) is 129 Å². The summed E-state index contributed by atoms with van der Waals surface area (Å²) in [7, 11) is 1.45. The van der Waals surface area contributed by atoms with Crippen LogP contribution in [0, 0.1) is 0 Å². The molecule has 3 amide bonds. The van der Waals surface area contributed by atoms with Gasteiger partial charge in [-0.25, -0.2) is 10.2 Å². The molecule has 0 aliphatic carbocycles. The van der Waals surface area contributed by atoms with Gasteiger partial charge in [0.05, 0.1) is 17.8 Å². The minimum Gasteiger partial charge on any atom is -0.493 e. The number of amides is 3. The van der Waals surface area contributed by atoms with Crippen LogP contribution in [0.25, 0.3) is 0 Å². The number of nitrogens with zero attached hydrogens (tertiary/aromatic N) is 1. The number of halogens is 1. The molecular formula is C11H13BrN4O4. The zero-order valence-corrected chi connectivity index (χ0v) is 12.1. The molecule has 9 heteroatoms. The lowest BCUT2D eigenvalue weighted by atomic mass is 10.2. The average Bonchev–Trinajstić information content (AvgIpc) is 2.36. The van der Waals surface area contributed by atoms with Crippen LogP contribution in [0.1, 0.15) is 5.56 Å². The van der Waals surface area contributed by atoms with Crippen LogP contribution in [-0.2, 0) is 4.79 Å². The van der Waals surface area contributed by atoms with Gasteiger partial charge in [0.25, 0.3) is 5.91 Å². The van der Waals surface area contributed by atoms with E-state index in [1.807, 2.05) is 0 Å². The molecule has 0 atom stereocenters. The third-order valence-corrected chi connectivity index (χ3v) is 2.59. The first-order valence-electron chi connectivity index (χ1n) is 5.31. The summed E-state index contributed by atoms with van der Waals surface area (Å²) < 4.78 is 10.9. The Balaban J connectivity index is 2.97. The number of benzene rings is 1. The SMILES string of the molecule is COc1cc(/C=N/NC(N)=O)cc(Br)c1OCC(N)=O. The lowest BCUT2D eigenvalue weighted by molar-refractivity contribution is -0.119. The van der Waals surface area contributed by atoms with Crippen LogP contribution in [0.2, 0.25) is 0 Å². The maximum Gasteiger partial charge on any atom is 0.332 e. The zero-order valence-electron chi connectivity index (χ0n) is 10.6. The molecule has 0 unspecified atom stereocenters. The summed E-state index contributed by atoms with van der Waals surface area (Å²) in [5.41, 5.74) is 12.6.